The van der Waals surface area contributed by atoms with Gasteiger partial charge in [-0.2, -0.15) is 0 Å². The molecule has 156 valence electrons. The summed E-state index contributed by atoms with van der Waals surface area (Å²) >= 11 is 2.31. The van der Waals surface area contributed by atoms with Crippen molar-refractivity contribution in [1.82, 2.24) is 0 Å². The number of ether oxygens (including phenoxy) is 1. The van der Waals surface area contributed by atoms with E-state index in [9.17, 15) is 5.11 Å². The first kappa shape index (κ1) is 20.4. The Morgan fingerprint density at radius 3 is 2.63 bits per heavy atom. The second-order valence-corrected chi connectivity index (χ2v) is 10.8. The maximum absolute atomic E-state index is 11.7. The van der Waals surface area contributed by atoms with Crippen molar-refractivity contribution in [2.24, 2.45) is 17.3 Å². The zero-order valence-electron chi connectivity index (χ0n) is 17.7. The van der Waals surface area contributed by atoms with Gasteiger partial charge in [-0.3, -0.25) is 0 Å². The van der Waals surface area contributed by atoms with Crippen LogP contribution in [0.4, 0.5) is 0 Å². The number of hydrogen-bond acceptors (Lipinski definition) is 2. The lowest BCUT2D eigenvalue weighted by atomic mass is 9.53. The predicted octanol–water partition coefficient (Wildman–Crippen LogP) is 5.94. The molecule has 2 aromatic rings. The molecule has 0 amide bonds. The molecule has 3 aliphatic rings. The Hall–Kier alpha value is -1.51. The van der Waals surface area contributed by atoms with E-state index in [-0.39, 0.29) is 5.41 Å². The summed E-state index contributed by atoms with van der Waals surface area (Å²) in [5.41, 5.74) is 2.98. The number of aryl methyl sites for hydroxylation is 1. The molecule has 5 atom stereocenters. The van der Waals surface area contributed by atoms with E-state index in [0.29, 0.717) is 17.8 Å². The third kappa shape index (κ3) is 3.19. The molecule has 3 heteroatoms. The van der Waals surface area contributed by atoms with Crippen molar-refractivity contribution >= 4 is 22.6 Å². The van der Waals surface area contributed by atoms with Gasteiger partial charge in [0.1, 0.15) is 11.4 Å². The van der Waals surface area contributed by atoms with E-state index >= 15 is 0 Å². The van der Waals surface area contributed by atoms with Crippen LogP contribution in [-0.2, 0) is 6.42 Å². The molecule has 0 aromatic heterocycles. The Morgan fingerprint density at radius 2 is 1.87 bits per heavy atom. The molecule has 0 unspecified atom stereocenters. The van der Waals surface area contributed by atoms with E-state index in [4.69, 9.17) is 4.74 Å². The molecule has 3 aliphatic carbocycles. The molecule has 1 N–H and O–H groups in total. The number of fused-ring (bicyclic) bond motifs is 5. The third-order valence-electron chi connectivity index (χ3n) is 8.34. The van der Waals surface area contributed by atoms with Crippen molar-refractivity contribution in [1.29, 1.82) is 0 Å². The molecule has 5 rings (SSSR count). The summed E-state index contributed by atoms with van der Waals surface area (Å²) in [6.07, 6.45) is 6.40. The van der Waals surface area contributed by atoms with Crippen molar-refractivity contribution in [2.75, 3.05) is 7.11 Å². The highest BCUT2D eigenvalue weighted by Gasteiger charge is 2.61. The Labute approximate surface area is 193 Å². The quantitative estimate of drug-likeness (QED) is 0.379. The van der Waals surface area contributed by atoms with E-state index in [1.54, 1.807) is 7.11 Å². The summed E-state index contributed by atoms with van der Waals surface area (Å²) < 4.78 is 6.66. The van der Waals surface area contributed by atoms with Gasteiger partial charge in [-0.1, -0.05) is 24.8 Å². The first-order valence-corrected chi connectivity index (χ1v) is 12.2. The second kappa shape index (κ2) is 7.57. The van der Waals surface area contributed by atoms with Gasteiger partial charge in [0.15, 0.2) is 0 Å². The summed E-state index contributed by atoms with van der Waals surface area (Å²) in [7, 11) is 1.75. The van der Waals surface area contributed by atoms with Crippen LogP contribution in [0.2, 0.25) is 0 Å². The predicted molar refractivity (Wildman–Crippen MR) is 129 cm³/mol. The van der Waals surface area contributed by atoms with Crippen molar-refractivity contribution in [3.63, 3.8) is 0 Å². The van der Waals surface area contributed by atoms with E-state index in [0.717, 1.165) is 43.4 Å². The topological polar surface area (TPSA) is 29.5 Å². The van der Waals surface area contributed by atoms with Gasteiger partial charge in [0.25, 0.3) is 0 Å². The van der Waals surface area contributed by atoms with Crippen LogP contribution >= 0.6 is 22.6 Å². The van der Waals surface area contributed by atoms with Crippen molar-refractivity contribution in [2.45, 2.75) is 57.0 Å². The van der Waals surface area contributed by atoms with Crippen molar-refractivity contribution < 1.29 is 9.84 Å². The molecule has 2 fully saturated rings. The molecule has 2 aromatic carbocycles. The SMILES string of the molecule is COc1ccc2c(c1)CC[C@@H]1[C@@H]2CC[C@@]2(C)[C@H]1CC[C@@]2(O)C#Cc1ccc(I)cc1. The monoisotopic (exact) mass is 512 g/mol. The first-order chi connectivity index (χ1) is 14.4. The van der Waals surface area contributed by atoms with E-state index in [2.05, 4.69) is 83.8 Å². The minimum Gasteiger partial charge on any atom is -0.497 e. The van der Waals surface area contributed by atoms with Crippen LogP contribution in [0.3, 0.4) is 0 Å². The number of methoxy groups -OCH3 is 1. The van der Waals surface area contributed by atoms with Crippen molar-refractivity contribution in [3.05, 3.63) is 62.7 Å². The van der Waals surface area contributed by atoms with Crippen LogP contribution in [0.5, 0.6) is 5.75 Å². The van der Waals surface area contributed by atoms with Gasteiger partial charge < -0.3 is 9.84 Å². The highest BCUT2D eigenvalue weighted by atomic mass is 127. The molecule has 0 radical (unpaired) electrons. The van der Waals surface area contributed by atoms with Crippen LogP contribution < -0.4 is 4.74 Å². The minimum absolute atomic E-state index is 0.117. The molecular weight excluding hydrogens is 483 g/mol. The lowest BCUT2D eigenvalue weighted by molar-refractivity contribution is -0.0647. The van der Waals surface area contributed by atoms with Crippen LogP contribution in [-0.4, -0.2) is 17.8 Å². The standard InChI is InChI=1S/C27H29IO2/c1-26-14-12-23-22-10-8-21(30-2)17-19(22)5-9-24(23)25(26)13-16-27(26,29)15-11-18-3-6-20(28)7-4-18/h3-4,6-8,10,17,23-25,29H,5,9,12-14,16H2,1-2H3/t23-,24-,25+,26+,27+/m1/s1. The van der Waals surface area contributed by atoms with Gasteiger partial charge in [-0.15, -0.1) is 0 Å². The Bertz CT molecular complexity index is 1020. The Kier molecular flexibility index (Phi) is 5.14. The number of benzene rings is 2. The maximum atomic E-state index is 11.7. The zero-order valence-corrected chi connectivity index (χ0v) is 19.9. The van der Waals surface area contributed by atoms with Gasteiger partial charge in [0.2, 0.25) is 0 Å². The number of aliphatic hydroxyl groups is 1. The molecule has 0 heterocycles. The van der Waals surface area contributed by atoms with Crippen molar-refractivity contribution in [3.8, 4) is 17.6 Å². The summed E-state index contributed by atoms with van der Waals surface area (Å²) in [6.45, 7) is 2.31. The van der Waals surface area contributed by atoms with Gasteiger partial charge in [-0.05, 0) is 126 Å². The maximum Gasteiger partial charge on any atom is 0.131 e. The van der Waals surface area contributed by atoms with Crippen LogP contribution in [0.25, 0.3) is 0 Å². The lowest BCUT2D eigenvalue weighted by Crippen LogP contribution is -2.50. The molecule has 0 saturated heterocycles. The van der Waals surface area contributed by atoms with E-state index in [1.165, 1.54) is 21.1 Å². The Balaban J connectivity index is 1.43. The first-order valence-electron chi connectivity index (χ1n) is 11.1. The van der Waals surface area contributed by atoms with Gasteiger partial charge in [0, 0.05) is 14.5 Å². The normalized spacial score (nSPS) is 34.2. The second-order valence-electron chi connectivity index (χ2n) is 9.59. The highest BCUT2D eigenvalue weighted by molar-refractivity contribution is 14.1. The fourth-order valence-electron chi connectivity index (χ4n) is 6.62. The number of rotatable bonds is 1. The summed E-state index contributed by atoms with van der Waals surface area (Å²) in [5, 5.41) is 11.7. The van der Waals surface area contributed by atoms with Gasteiger partial charge >= 0.3 is 0 Å². The minimum atomic E-state index is -0.883. The average molecular weight is 512 g/mol. The molecule has 0 aliphatic heterocycles. The van der Waals surface area contributed by atoms with Crippen LogP contribution in [0.15, 0.2) is 42.5 Å². The molecular formula is C27H29IO2. The largest absolute Gasteiger partial charge is 0.497 e. The van der Waals surface area contributed by atoms with E-state index < -0.39 is 5.60 Å². The van der Waals surface area contributed by atoms with E-state index in [1.807, 2.05) is 0 Å². The molecule has 30 heavy (non-hydrogen) atoms. The fourth-order valence-corrected chi connectivity index (χ4v) is 6.98. The third-order valence-corrected chi connectivity index (χ3v) is 9.06. The molecule has 2 nitrogen and oxygen atoms in total. The lowest BCUT2D eigenvalue weighted by Gasteiger charge is -2.52. The highest BCUT2D eigenvalue weighted by Crippen LogP contribution is 2.64. The number of halogens is 1. The molecule has 0 bridgehead atoms. The van der Waals surface area contributed by atoms with Crippen LogP contribution in [0.1, 0.15) is 61.6 Å². The zero-order chi connectivity index (χ0) is 20.9. The summed E-state index contributed by atoms with van der Waals surface area (Å²) in [6, 6.07) is 14.9. The van der Waals surface area contributed by atoms with Gasteiger partial charge in [0.05, 0.1) is 7.11 Å². The number of hydrogen-bond donors (Lipinski definition) is 1. The average Bonchev–Trinajstić information content (AvgIpc) is 3.04. The molecule has 0 spiro atoms. The Morgan fingerprint density at radius 1 is 1.07 bits per heavy atom. The van der Waals surface area contributed by atoms with Crippen LogP contribution in [0, 0.1) is 32.7 Å². The molecule has 2 saturated carbocycles. The summed E-state index contributed by atoms with van der Waals surface area (Å²) in [4.78, 5) is 0. The fraction of sp³-hybridized carbons (Fsp3) is 0.481. The summed E-state index contributed by atoms with van der Waals surface area (Å²) in [5.74, 6) is 9.42. The van der Waals surface area contributed by atoms with Gasteiger partial charge in [-0.25, -0.2) is 0 Å². The smallest absolute Gasteiger partial charge is 0.131 e.